The molecular formula is C18H29N3O. The van der Waals surface area contributed by atoms with Crippen molar-refractivity contribution in [3.8, 4) is 0 Å². The molecule has 1 aliphatic rings. The minimum absolute atomic E-state index is 0.147. The number of hydrogen-bond acceptors (Lipinski definition) is 3. The summed E-state index contributed by atoms with van der Waals surface area (Å²) in [6.07, 6.45) is 2.90. The van der Waals surface area contributed by atoms with Crippen molar-refractivity contribution in [2.45, 2.75) is 52.2 Å². The molecule has 2 rings (SSSR count). The van der Waals surface area contributed by atoms with Crippen LogP contribution < -0.4 is 10.6 Å². The van der Waals surface area contributed by atoms with Crippen LogP contribution in [0.5, 0.6) is 0 Å². The standard InChI is InChI=1S/C18H29N3O/c1-3-21(4-2)14-16-8-5-7-15(11-16)13-20-18(22)12-17-9-6-10-19-17/h5,7-8,11,17,19H,3-4,6,9-10,12-14H2,1-2H3,(H,20,22). The summed E-state index contributed by atoms with van der Waals surface area (Å²) in [5.41, 5.74) is 2.49. The van der Waals surface area contributed by atoms with E-state index < -0.39 is 0 Å². The zero-order chi connectivity index (χ0) is 15.8. The van der Waals surface area contributed by atoms with Gasteiger partial charge >= 0.3 is 0 Å². The molecule has 1 atom stereocenters. The molecule has 1 aromatic carbocycles. The lowest BCUT2D eigenvalue weighted by atomic mass is 10.1. The molecule has 1 fully saturated rings. The molecule has 0 bridgehead atoms. The molecule has 1 amide bonds. The van der Waals surface area contributed by atoms with E-state index in [1.807, 2.05) is 0 Å². The first-order valence-electron chi connectivity index (χ1n) is 8.51. The van der Waals surface area contributed by atoms with Crippen molar-refractivity contribution in [1.29, 1.82) is 0 Å². The Hall–Kier alpha value is -1.39. The van der Waals surface area contributed by atoms with E-state index in [0.717, 1.165) is 32.6 Å². The van der Waals surface area contributed by atoms with Crippen molar-refractivity contribution in [2.24, 2.45) is 0 Å². The quantitative estimate of drug-likeness (QED) is 0.774. The highest BCUT2D eigenvalue weighted by atomic mass is 16.1. The van der Waals surface area contributed by atoms with Crippen LogP contribution in [-0.4, -0.2) is 36.5 Å². The van der Waals surface area contributed by atoms with Crippen molar-refractivity contribution in [3.63, 3.8) is 0 Å². The van der Waals surface area contributed by atoms with E-state index in [2.05, 4.69) is 53.6 Å². The highest BCUT2D eigenvalue weighted by Gasteiger charge is 2.17. The highest BCUT2D eigenvalue weighted by molar-refractivity contribution is 5.76. The second-order valence-electron chi connectivity index (χ2n) is 6.06. The van der Waals surface area contributed by atoms with Crippen molar-refractivity contribution in [1.82, 2.24) is 15.5 Å². The lowest BCUT2D eigenvalue weighted by Crippen LogP contribution is -2.31. The van der Waals surface area contributed by atoms with Crippen molar-refractivity contribution < 1.29 is 4.79 Å². The van der Waals surface area contributed by atoms with Crippen LogP contribution in [0.3, 0.4) is 0 Å². The number of benzene rings is 1. The second kappa shape index (κ2) is 8.91. The number of carbonyl (C=O) groups excluding carboxylic acids is 1. The molecule has 0 radical (unpaired) electrons. The van der Waals surface area contributed by atoms with Gasteiger partial charge in [-0.05, 0) is 43.6 Å². The van der Waals surface area contributed by atoms with Crippen LogP contribution in [0.15, 0.2) is 24.3 Å². The van der Waals surface area contributed by atoms with Crippen LogP contribution in [0.2, 0.25) is 0 Å². The van der Waals surface area contributed by atoms with Crippen LogP contribution in [0.4, 0.5) is 0 Å². The van der Waals surface area contributed by atoms with Gasteiger partial charge in [-0.3, -0.25) is 9.69 Å². The predicted octanol–water partition coefficient (Wildman–Crippen LogP) is 2.29. The van der Waals surface area contributed by atoms with Crippen LogP contribution in [0.1, 0.15) is 44.2 Å². The van der Waals surface area contributed by atoms with Crippen LogP contribution in [-0.2, 0) is 17.9 Å². The Bertz CT molecular complexity index is 465. The van der Waals surface area contributed by atoms with E-state index >= 15 is 0 Å². The molecule has 0 saturated carbocycles. The molecule has 2 N–H and O–H groups in total. The first-order chi connectivity index (χ1) is 10.7. The topological polar surface area (TPSA) is 44.4 Å². The zero-order valence-corrected chi connectivity index (χ0v) is 13.9. The average molecular weight is 303 g/mol. The van der Waals surface area contributed by atoms with Crippen molar-refractivity contribution in [2.75, 3.05) is 19.6 Å². The number of nitrogens with zero attached hydrogens (tertiary/aromatic N) is 1. The maximum atomic E-state index is 12.0. The van der Waals surface area contributed by atoms with Crippen LogP contribution in [0.25, 0.3) is 0 Å². The maximum absolute atomic E-state index is 12.0. The van der Waals surface area contributed by atoms with E-state index in [1.165, 1.54) is 17.5 Å². The second-order valence-corrected chi connectivity index (χ2v) is 6.06. The van der Waals surface area contributed by atoms with E-state index in [4.69, 9.17) is 0 Å². The first kappa shape index (κ1) is 17.0. The van der Waals surface area contributed by atoms with Gasteiger partial charge in [0.1, 0.15) is 0 Å². The molecule has 1 heterocycles. The van der Waals surface area contributed by atoms with Gasteiger partial charge in [0.15, 0.2) is 0 Å². The van der Waals surface area contributed by atoms with Gasteiger partial charge in [-0.1, -0.05) is 38.1 Å². The molecule has 122 valence electrons. The molecule has 1 aromatic rings. The molecule has 1 unspecified atom stereocenters. The van der Waals surface area contributed by atoms with Gasteiger partial charge in [0.05, 0.1) is 0 Å². The molecule has 0 aliphatic carbocycles. The monoisotopic (exact) mass is 303 g/mol. The normalized spacial score (nSPS) is 17.9. The number of carbonyl (C=O) groups is 1. The van der Waals surface area contributed by atoms with Crippen molar-refractivity contribution in [3.05, 3.63) is 35.4 Å². The summed E-state index contributed by atoms with van der Waals surface area (Å²) >= 11 is 0. The summed E-state index contributed by atoms with van der Waals surface area (Å²) in [4.78, 5) is 14.4. The third-order valence-electron chi connectivity index (χ3n) is 4.38. The fourth-order valence-corrected chi connectivity index (χ4v) is 2.97. The lowest BCUT2D eigenvalue weighted by molar-refractivity contribution is -0.121. The lowest BCUT2D eigenvalue weighted by Gasteiger charge is -2.18. The maximum Gasteiger partial charge on any atom is 0.221 e. The summed E-state index contributed by atoms with van der Waals surface area (Å²) in [5.74, 6) is 0.147. The Balaban J connectivity index is 1.80. The largest absolute Gasteiger partial charge is 0.352 e. The third-order valence-corrected chi connectivity index (χ3v) is 4.38. The number of hydrogen-bond donors (Lipinski definition) is 2. The van der Waals surface area contributed by atoms with Gasteiger partial charge in [0, 0.05) is 25.6 Å². The fourth-order valence-electron chi connectivity index (χ4n) is 2.97. The van der Waals surface area contributed by atoms with Gasteiger partial charge in [-0.2, -0.15) is 0 Å². The molecule has 4 heteroatoms. The fraction of sp³-hybridized carbons (Fsp3) is 0.611. The third kappa shape index (κ3) is 5.43. The Kier molecular flexibility index (Phi) is 6.87. The molecule has 1 aliphatic heterocycles. The highest BCUT2D eigenvalue weighted by Crippen LogP contribution is 2.10. The van der Waals surface area contributed by atoms with Gasteiger partial charge in [0.25, 0.3) is 0 Å². The molecule has 0 spiro atoms. The van der Waals surface area contributed by atoms with E-state index in [9.17, 15) is 4.79 Å². The predicted molar refractivity (Wildman–Crippen MR) is 90.6 cm³/mol. The van der Waals surface area contributed by atoms with Gasteiger partial charge in [0.2, 0.25) is 5.91 Å². The Labute approximate surface area is 134 Å². The summed E-state index contributed by atoms with van der Waals surface area (Å²) in [6.45, 7) is 9.14. The molecule has 22 heavy (non-hydrogen) atoms. The smallest absolute Gasteiger partial charge is 0.221 e. The molecular weight excluding hydrogens is 274 g/mol. The number of rotatable bonds is 8. The summed E-state index contributed by atoms with van der Waals surface area (Å²) in [7, 11) is 0. The number of amides is 1. The SMILES string of the molecule is CCN(CC)Cc1cccc(CNC(=O)CC2CCCN2)c1. The van der Waals surface area contributed by atoms with E-state index in [-0.39, 0.29) is 5.91 Å². The molecule has 0 aromatic heterocycles. The van der Waals surface area contributed by atoms with E-state index in [0.29, 0.717) is 19.0 Å². The summed E-state index contributed by atoms with van der Waals surface area (Å²) in [5, 5.41) is 6.40. The molecule has 4 nitrogen and oxygen atoms in total. The average Bonchev–Trinajstić information content (AvgIpc) is 3.04. The minimum atomic E-state index is 0.147. The summed E-state index contributed by atoms with van der Waals surface area (Å²) in [6, 6.07) is 8.89. The van der Waals surface area contributed by atoms with Crippen LogP contribution >= 0.6 is 0 Å². The Morgan fingerprint density at radius 2 is 2.09 bits per heavy atom. The summed E-state index contributed by atoms with van der Waals surface area (Å²) < 4.78 is 0. The molecule has 1 saturated heterocycles. The van der Waals surface area contributed by atoms with Gasteiger partial charge in [-0.25, -0.2) is 0 Å². The van der Waals surface area contributed by atoms with Gasteiger partial charge in [-0.15, -0.1) is 0 Å². The number of nitrogens with one attached hydrogen (secondary N) is 2. The van der Waals surface area contributed by atoms with Gasteiger partial charge < -0.3 is 10.6 Å². The zero-order valence-electron chi connectivity index (χ0n) is 13.9. The first-order valence-corrected chi connectivity index (χ1v) is 8.51. The minimum Gasteiger partial charge on any atom is -0.352 e. The van der Waals surface area contributed by atoms with Crippen LogP contribution in [0, 0.1) is 0 Å². The Morgan fingerprint density at radius 3 is 2.77 bits per heavy atom. The van der Waals surface area contributed by atoms with E-state index in [1.54, 1.807) is 0 Å². The Morgan fingerprint density at radius 1 is 1.32 bits per heavy atom. The van der Waals surface area contributed by atoms with Crippen molar-refractivity contribution >= 4 is 5.91 Å².